The largest absolute Gasteiger partial charge is 0.378 e. The molecule has 0 radical (unpaired) electrons. The number of ether oxygens (including phenoxy) is 1. The highest BCUT2D eigenvalue weighted by Gasteiger charge is 2.21. The van der Waals surface area contributed by atoms with Crippen LogP contribution in [0.15, 0.2) is 71.3 Å². The molecule has 2 aromatic heterocycles. The summed E-state index contributed by atoms with van der Waals surface area (Å²) in [7, 11) is 0. The second kappa shape index (κ2) is 10.1. The summed E-state index contributed by atoms with van der Waals surface area (Å²) in [6.07, 6.45) is 0.497. The van der Waals surface area contributed by atoms with Crippen LogP contribution in [-0.2, 0) is 11.2 Å². The predicted octanol–water partition coefficient (Wildman–Crippen LogP) is 4.03. The van der Waals surface area contributed by atoms with Gasteiger partial charge in [0.15, 0.2) is 5.58 Å². The van der Waals surface area contributed by atoms with Gasteiger partial charge >= 0.3 is 0 Å². The van der Waals surface area contributed by atoms with E-state index < -0.39 is 0 Å². The minimum atomic E-state index is -0.317. The van der Waals surface area contributed by atoms with E-state index in [1.165, 1.54) is 0 Å². The number of fused-ring (bicyclic) bond motifs is 1. The molecular weight excluding hydrogens is 440 g/mol. The van der Waals surface area contributed by atoms with Crippen molar-refractivity contribution in [2.75, 3.05) is 26.3 Å². The maximum Gasteiger partial charge on any atom is 0.272 e. The molecule has 5 rings (SSSR count). The van der Waals surface area contributed by atoms with Crippen molar-refractivity contribution in [1.29, 1.82) is 0 Å². The van der Waals surface area contributed by atoms with E-state index in [4.69, 9.17) is 15.0 Å². The summed E-state index contributed by atoms with van der Waals surface area (Å²) in [5.41, 5.74) is 11.3. The lowest BCUT2D eigenvalue weighted by atomic mass is 9.94. The van der Waals surface area contributed by atoms with E-state index in [1.54, 1.807) is 11.0 Å². The van der Waals surface area contributed by atoms with Crippen LogP contribution in [0.2, 0.25) is 0 Å². The van der Waals surface area contributed by atoms with E-state index in [2.05, 4.69) is 10.1 Å². The third-order valence-electron chi connectivity index (χ3n) is 5.75. The number of nitrogens with two attached hydrogens (primary N) is 1. The standard InChI is InChI=1S/C25H24N4O3.ClH/c26-21(16-17-6-5-10-22(27-17)25(30)29-12-14-31-15-13-29)18-7-1-2-8-19(18)24-20-9-3-4-11-23(20)32-28-24;/h1-11,21H,12-16,26H2;1H. The maximum absolute atomic E-state index is 12.8. The fourth-order valence-electron chi connectivity index (χ4n) is 4.09. The van der Waals surface area contributed by atoms with Crippen molar-refractivity contribution in [2.45, 2.75) is 12.5 Å². The molecule has 3 heterocycles. The first-order valence-electron chi connectivity index (χ1n) is 10.7. The highest BCUT2D eigenvalue weighted by Crippen LogP contribution is 2.33. The van der Waals surface area contributed by atoms with Crippen molar-refractivity contribution in [2.24, 2.45) is 5.73 Å². The SMILES string of the molecule is Cl.NC(Cc1cccc(C(=O)N2CCOCC2)n1)c1ccccc1-c1noc2ccccc12. The first-order valence-corrected chi connectivity index (χ1v) is 10.7. The average molecular weight is 465 g/mol. The van der Waals surface area contributed by atoms with Crippen molar-refractivity contribution in [3.8, 4) is 11.3 Å². The number of hydrogen-bond acceptors (Lipinski definition) is 6. The lowest BCUT2D eigenvalue weighted by molar-refractivity contribution is 0.0299. The van der Waals surface area contributed by atoms with E-state index in [-0.39, 0.29) is 24.4 Å². The first kappa shape index (κ1) is 22.9. The second-order valence-corrected chi connectivity index (χ2v) is 7.84. The van der Waals surface area contributed by atoms with Crippen molar-refractivity contribution in [3.05, 3.63) is 83.7 Å². The lowest BCUT2D eigenvalue weighted by Gasteiger charge is -2.26. The maximum atomic E-state index is 12.8. The van der Waals surface area contributed by atoms with Gasteiger partial charge in [-0.25, -0.2) is 4.98 Å². The van der Waals surface area contributed by atoms with Crippen LogP contribution in [-0.4, -0.2) is 47.3 Å². The summed E-state index contributed by atoms with van der Waals surface area (Å²) in [6.45, 7) is 2.29. The number of pyridine rings is 1. The van der Waals surface area contributed by atoms with Gasteiger partial charge in [0.1, 0.15) is 11.4 Å². The van der Waals surface area contributed by atoms with Crippen molar-refractivity contribution < 1.29 is 14.1 Å². The van der Waals surface area contributed by atoms with Gasteiger partial charge in [0.2, 0.25) is 0 Å². The molecule has 1 aliphatic rings. The molecule has 1 aliphatic heterocycles. The van der Waals surface area contributed by atoms with Crippen LogP contribution in [0.25, 0.3) is 22.2 Å². The third kappa shape index (κ3) is 4.75. The number of carbonyl (C=O) groups excluding carboxylic acids is 1. The topological polar surface area (TPSA) is 94.5 Å². The molecule has 4 aromatic rings. The molecule has 0 spiro atoms. The van der Waals surface area contributed by atoms with E-state index in [1.807, 2.05) is 60.7 Å². The van der Waals surface area contributed by atoms with Gasteiger partial charge in [-0.3, -0.25) is 4.79 Å². The molecule has 1 fully saturated rings. The number of rotatable bonds is 5. The minimum Gasteiger partial charge on any atom is -0.378 e. The number of halogens is 1. The number of aromatic nitrogens is 2. The molecule has 33 heavy (non-hydrogen) atoms. The number of morpholine rings is 1. The molecule has 0 aliphatic carbocycles. The Labute approximate surface area is 197 Å². The normalized spacial score (nSPS) is 14.6. The van der Waals surface area contributed by atoms with Gasteiger partial charge in [-0.2, -0.15) is 0 Å². The Morgan fingerprint density at radius 3 is 2.61 bits per heavy atom. The van der Waals surface area contributed by atoms with Crippen LogP contribution in [0.4, 0.5) is 0 Å². The third-order valence-corrected chi connectivity index (χ3v) is 5.75. The molecule has 170 valence electrons. The van der Waals surface area contributed by atoms with Crippen LogP contribution in [0.1, 0.15) is 27.8 Å². The van der Waals surface area contributed by atoms with E-state index in [0.717, 1.165) is 33.5 Å². The van der Waals surface area contributed by atoms with Gasteiger partial charge < -0.3 is 19.9 Å². The Balaban J connectivity index is 0.00000259. The molecule has 7 nitrogen and oxygen atoms in total. The first-order chi connectivity index (χ1) is 15.7. The second-order valence-electron chi connectivity index (χ2n) is 7.84. The average Bonchev–Trinajstić information content (AvgIpc) is 3.28. The quantitative estimate of drug-likeness (QED) is 0.479. The molecule has 2 aromatic carbocycles. The van der Waals surface area contributed by atoms with Crippen molar-refractivity contribution >= 4 is 29.3 Å². The van der Waals surface area contributed by atoms with Gasteiger partial charge in [-0.15, -0.1) is 12.4 Å². The van der Waals surface area contributed by atoms with Crippen LogP contribution < -0.4 is 5.73 Å². The fourth-order valence-corrected chi connectivity index (χ4v) is 4.09. The summed E-state index contributed by atoms with van der Waals surface area (Å²) in [4.78, 5) is 19.2. The van der Waals surface area contributed by atoms with Gasteiger partial charge in [0.05, 0.1) is 13.2 Å². The zero-order chi connectivity index (χ0) is 21.9. The molecule has 0 bridgehead atoms. The van der Waals surface area contributed by atoms with E-state index >= 15 is 0 Å². The Morgan fingerprint density at radius 2 is 1.76 bits per heavy atom. The van der Waals surface area contributed by atoms with Gasteiger partial charge in [0, 0.05) is 42.2 Å². The van der Waals surface area contributed by atoms with Gasteiger partial charge in [-0.05, 0) is 29.8 Å². The van der Waals surface area contributed by atoms with Crippen molar-refractivity contribution in [3.63, 3.8) is 0 Å². The zero-order valence-corrected chi connectivity index (χ0v) is 18.8. The summed E-state index contributed by atoms with van der Waals surface area (Å²) < 4.78 is 10.8. The number of benzene rings is 2. The Bertz CT molecular complexity index is 1250. The fraction of sp³-hybridized carbons (Fsp3) is 0.240. The molecule has 8 heteroatoms. The van der Waals surface area contributed by atoms with E-state index in [0.29, 0.717) is 38.4 Å². The van der Waals surface area contributed by atoms with Crippen LogP contribution in [0.5, 0.6) is 0 Å². The molecule has 2 N–H and O–H groups in total. The Morgan fingerprint density at radius 1 is 1.00 bits per heavy atom. The van der Waals surface area contributed by atoms with Gasteiger partial charge in [-0.1, -0.05) is 47.6 Å². The smallest absolute Gasteiger partial charge is 0.272 e. The number of nitrogens with zero attached hydrogens (tertiary/aromatic N) is 3. The van der Waals surface area contributed by atoms with Crippen molar-refractivity contribution in [1.82, 2.24) is 15.0 Å². The van der Waals surface area contributed by atoms with E-state index in [9.17, 15) is 4.79 Å². The van der Waals surface area contributed by atoms with Crippen LogP contribution in [0, 0.1) is 0 Å². The van der Waals surface area contributed by atoms with Gasteiger partial charge in [0.25, 0.3) is 5.91 Å². The predicted molar refractivity (Wildman–Crippen MR) is 128 cm³/mol. The zero-order valence-electron chi connectivity index (χ0n) is 18.0. The highest BCUT2D eigenvalue weighted by molar-refractivity contribution is 5.93. The summed E-state index contributed by atoms with van der Waals surface area (Å²) in [6, 6.07) is 20.9. The van der Waals surface area contributed by atoms with Crippen LogP contribution >= 0.6 is 12.4 Å². The summed E-state index contributed by atoms with van der Waals surface area (Å²) in [5, 5.41) is 5.25. The molecule has 1 amide bonds. The molecule has 1 atom stereocenters. The molecule has 0 saturated carbocycles. The molecule has 1 saturated heterocycles. The summed E-state index contributed by atoms with van der Waals surface area (Å²) in [5.74, 6) is -0.0711. The minimum absolute atomic E-state index is 0. The molecule has 1 unspecified atom stereocenters. The highest BCUT2D eigenvalue weighted by atomic mass is 35.5. The van der Waals surface area contributed by atoms with Crippen LogP contribution in [0.3, 0.4) is 0 Å². The molecular formula is C25H25ClN4O3. The number of hydrogen-bond donors (Lipinski definition) is 1. The number of carbonyl (C=O) groups is 1. The Kier molecular flexibility index (Phi) is 7.03. The Hall–Kier alpha value is -3.26. The lowest BCUT2D eigenvalue weighted by Crippen LogP contribution is -2.41. The number of para-hydroxylation sites is 1. The monoisotopic (exact) mass is 464 g/mol. The number of amides is 1. The summed E-state index contributed by atoms with van der Waals surface area (Å²) >= 11 is 0.